The monoisotopic (exact) mass is 447 g/mol. The van der Waals surface area contributed by atoms with Crippen molar-refractivity contribution in [3.63, 3.8) is 0 Å². The van der Waals surface area contributed by atoms with Crippen LogP contribution in [-0.4, -0.2) is 73.1 Å². The van der Waals surface area contributed by atoms with Gasteiger partial charge in [0.15, 0.2) is 5.78 Å². The van der Waals surface area contributed by atoms with Gasteiger partial charge in [0.25, 0.3) is 0 Å². The van der Waals surface area contributed by atoms with Crippen LogP contribution in [0.15, 0.2) is 55.1 Å². The van der Waals surface area contributed by atoms with E-state index in [1.807, 2.05) is 0 Å². The zero-order valence-corrected chi connectivity index (χ0v) is 18.1. The molecule has 9 nitrogen and oxygen atoms in total. The molecule has 3 aromatic heterocycles. The molecule has 0 radical (unpaired) electrons. The van der Waals surface area contributed by atoms with E-state index >= 15 is 0 Å². The molecule has 168 valence electrons. The molecule has 0 N–H and O–H groups in total. The van der Waals surface area contributed by atoms with Gasteiger partial charge < -0.3 is 4.74 Å². The first kappa shape index (κ1) is 21.1. The highest BCUT2D eigenvalue weighted by Gasteiger charge is 2.19. The number of ketones is 1. The molecule has 1 fully saturated rings. The average Bonchev–Trinajstić information content (AvgIpc) is 3.47. The second-order valence-corrected chi connectivity index (χ2v) is 7.77. The predicted octanol–water partition coefficient (Wildman–Crippen LogP) is 2.48. The van der Waals surface area contributed by atoms with Crippen LogP contribution < -0.4 is 0 Å². The number of imidazole rings is 1. The maximum Gasteiger partial charge on any atom is 0.178 e. The number of benzene rings is 1. The van der Waals surface area contributed by atoms with E-state index in [0.717, 1.165) is 13.1 Å². The number of aromatic nitrogens is 6. The molecule has 1 aliphatic heterocycles. The fourth-order valence-corrected chi connectivity index (χ4v) is 3.77. The fourth-order valence-electron chi connectivity index (χ4n) is 3.77. The van der Waals surface area contributed by atoms with Gasteiger partial charge in [0.05, 0.1) is 25.5 Å². The van der Waals surface area contributed by atoms with Crippen LogP contribution in [0.25, 0.3) is 22.9 Å². The summed E-state index contributed by atoms with van der Waals surface area (Å²) < 4.78 is 22.8. The van der Waals surface area contributed by atoms with Crippen LogP contribution in [0.1, 0.15) is 16.1 Å². The number of Topliss-reactive ketones (excluding diaryl/α,β-unsaturated/α-hetero) is 1. The number of aryl methyl sites for hydroxylation is 1. The van der Waals surface area contributed by atoms with Crippen LogP contribution in [-0.2, 0) is 4.74 Å². The molecular formula is C23H22FN7O2. The normalized spacial score (nSPS) is 14.5. The molecule has 1 saturated heterocycles. The van der Waals surface area contributed by atoms with Gasteiger partial charge in [-0.25, -0.2) is 19.0 Å². The summed E-state index contributed by atoms with van der Waals surface area (Å²) in [6.45, 7) is 4.97. The number of halogens is 1. The molecular weight excluding hydrogens is 425 g/mol. The van der Waals surface area contributed by atoms with Crippen molar-refractivity contribution in [2.75, 3.05) is 32.8 Å². The highest BCUT2D eigenvalue weighted by atomic mass is 19.1. The first-order valence-corrected chi connectivity index (χ1v) is 10.6. The average molecular weight is 447 g/mol. The van der Waals surface area contributed by atoms with Gasteiger partial charge in [-0.2, -0.15) is 0 Å². The van der Waals surface area contributed by atoms with Gasteiger partial charge in [-0.1, -0.05) is 17.3 Å². The van der Waals surface area contributed by atoms with Gasteiger partial charge in [-0.3, -0.25) is 14.3 Å². The Morgan fingerprint density at radius 3 is 2.70 bits per heavy atom. The number of carbonyl (C=O) groups is 1. The standard InChI is InChI=1S/C23H22FN7O2/c1-16-23(31(28-27-16)20-5-3-2-4-18(20)24)19-13-30(15-26-19)22-7-6-17(12-25-22)21(32)14-29-8-10-33-11-9-29/h2-7,12-13,15H,8-11,14H2,1H3. The van der Waals surface area contributed by atoms with Crippen molar-refractivity contribution in [1.82, 2.24) is 34.4 Å². The lowest BCUT2D eigenvalue weighted by atomic mass is 10.1. The summed E-state index contributed by atoms with van der Waals surface area (Å²) in [7, 11) is 0. The van der Waals surface area contributed by atoms with E-state index in [-0.39, 0.29) is 5.78 Å². The van der Waals surface area contributed by atoms with E-state index in [9.17, 15) is 9.18 Å². The van der Waals surface area contributed by atoms with Gasteiger partial charge in [-0.05, 0) is 31.2 Å². The van der Waals surface area contributed by atoms with Gasteiger partial charge in [0.2, 0.25) is 0 Å². The minimum atomic E-state index is -0.401. The van der Waals surface area contributed by atoms with E-state index in [4.69, 9.17) is 4.74 Å². The largest absolute Gasteiger partial charge is 0.379 e. The summed E-state index contributed by atoms with van der Waals surface area (Å²) in [6, 6.07) is 9.92. The highest BCUT2D eigenvalue weighted by Crippen LogP contribution is 2.25. The number of rotatable bonds is 6. The van der Waals surface area contributed by atoms with Crippen molar-refractivity contribution in [3.8, 4) is 22.9 Å². The molecule has 4 aromatic rings. The summed E-state index contributed by atoms with van der Waals surface area (Å²) in [5, 5.41) is 8.20. The first-order valence-electron chi connectivity index (χ1n) is 10.6. The highest BCUT2D eigenvalue weighted by molar-refractivity contribution is 5.97. The topological polar surface area (TPSA) is 91.0 Å². The summed E-state index contributed by atoms with van der Waals surface area (Å²) in [5.74, 6) is 0.235. The summed E-state index contributed by atoms with van der Waals surface area (Å²) in [6.07, 6.45) is 4.97. The molecule has 0 unspecified atom stereocenters. The fraction of sp³-hybridized carbons (Fsp3) is 0.261. The maximum absolute atomic E-state index is 14.3. The molecule has 1 aliphatic rings. The number of hydrogen-bond donors (Lipinski definition) is 0. The molecule has 4 heterocycles. The van der Waals surface area contributed by atoms with Crippen molar-refractivity contribution in [2.45, 2.75) is 6.92 Å². The number of morpholine rings is 1. The molecule has 10 heteroatoms. The van der Waals surface area contributed by atoms with Crippen LogP contribution >= 0.6 is 0 Å². The third-order valence-electron chi connectivity index (χ3n) is 5.55. The summed E-state index contributed by atoms with van der Waals surface area (Å²) in [4.78, 5) is 23.5. The lowest BCUT2D eigenvalue weighted by Gasteiger charge is -2.25. The SMILES string of the molecule is Cc1nnn(-c2ccccc2F)c1-c1cn(-c2ccc(C(=O)CN3CCOCC3)cn2)cn1. The zero-order valence-electron chi connectivity index (χ0n) is 18.1. The minimum Gasteiger partial charge on any atom is -0.379 e. The molecule has 33 heavy (non-hydrogen) atoms. The van der Waals surface area contributed by atoms with E-state index in [1.54, 1.807) is 60.5 Å². The predicted molar refractivity (Wildman–Crippen MR) is 118 cm³/mol. The number of hydrogen-bond acceptors (Lipinski definition) is 7. The number of nitrogens with zero attached hydrogens (tertiary/aromatic N) is 7. The number of pyridine rings is 1. The lowest BCUT2D eigenvalue weighted by molar-refractivity contribution is 0.0371. The van der Waals surface area contributed by atoms with E-state index in [1.165, 1.54) is 10.7 Å². The van der Waals surface area contributed by atoms with Crippen molar-refractivity contribution in [3.05, 3.63) is 72.2 Å². The molecule has 0 aliphatic carbocycles. The molecule has 1 aromatic carbocycles. The number of para-hydroxylation sites is 1. The van der Waals surface area contributed by atoms with Crippen LogP contribution in [0.5, 0.6) is 0 Å². The molecule has 5 rings (SSSR count). The van der Waals surface area contributed by atoms with Crippen molar-refractivity contribution in [1.29, 1.82) is 0 Å². The van der Waals surface area contributed by atoms with Crippen molar-refractivity contribution >= 4 is 5.78 Å². The second-order valence-electron chi connectivity index (χ2n) is 7.77. The Hall–Kier alpha value is -3.76. The van der Waals surface area contributed by atoms with Gasteiger partial charge in [0.1, 0.15) is 35.0 Å². The second kappa shape index (κ2) is 9.00. The lowest BCUT2D eigenvalue weighted by Crippen LogP contribution is -2.39. The first-order chi connectivity index (χ1) is 16.1. The molecule has 0 amide bonds. The van der Waals surface area contributed by atoms with Crippen LogP contribution in [0.4, 0.5) is 4.39 Å². The Bertz CT molecular complexity index is 1280. The Morgan fingerprint density at radius 1 is 1.12 bits per heavy atom. The molecule has 0 saturated carbocycles. The van der Waals surface area contributed by atoms with E-state index < -0.39 is 5.82 Å². The quantitative estimate of drug-likeness (QED) is 0.420. The van der Waals surface area contributed by atoms with E-state index in [2.05, 4.69) is 25.2 Å². The van der Waals surface area contributed by atoms with E-state index in [0.29, 0.717) is 53.9 Å². The van der Waals surface area contributed by atoms with Crippen LogP contribution in [0, 0.1) is 12.7 Å². The Balaban J connectivity index is 1.37. The molecule has 0 spiro atoms. The smallest absolute Gasteiger partial charge is 0.178 e. The number of carbonyl (C=O) groups excluding carboxylic acids is 1. The van der Waals surface area contributed by atoms with Gasteiger partial charge in [-0.15, -0.1) is 5.10 Å². The van der Waals surface area contributed by atoms with Crippen LogP contribution in [0.2, 0.25) is 0 Å². The molecule has 0 atom stereocenters. The third-order valence-corrected chi connectivity index (χ3v) is 5.55. The Morgan fingerprint density at radius 2 is 1.94 bits per heavy atom. The zero-order chi connectivity index (χ0) is 22.8. The number of ether oxygens (including phenoxy) is 1. The van der Waals surface area contributed by atoms with Gasteiger partial charge in [0, 0.05) is 31.0 Å². The Kier molecular flexibility index (Phi) is 5.76. The van der Waals surface area contributed by atoms with Crippen molar-refractivity contribution < 1.29 is 13.9 Å². The summed E-state index contributed by atoms with van der Waals surface area (Å²) in [5.41, 5.74) is 2.65. The van der Waals surface area contributed by atoms with Gasteiger partial charge >= 0.3 is 0 Å². The molecule has 0 bridgehead atoms. The van der Waals surface area contributed by atoms with Crippen molar-refractivity contribution in [2.24, 2.45) is 0 Å². The van der Waals surface area contributed by atoms with Crippen LogP contribution in [0.3, 0.4) is 0 Å². The summed E-state index contributed by atoms with van der Waals surface area (Å²) >= 11 is 0. The minimum absolute atomic E-state index is 0.0257. The third kappa shape index (κ3) is 4.30. The maximum atomic E-state index is 14.3. The Labute approximate surface area is 189 Å².